The molecule has 6 heteroatoms. The number of nitrogens with zero attached hydrogens (tertiary/aromatic N) is 1. The van der Waals surface area contributed by atoms with Gasteiger partial charge in [-0.05, 0) is 63.3 Å². The lowest BCUT2D eigenvalue weighted by atomic mass is 10.0. The van der Waals surface area contributed by atoms with Crippen molar-refractivity contribution in [3.8, 4) is 11.5 Å². The van der Waals surface area contributed by atoms with Crippen molar-refractivity contribution in [1.29, 1.82) is 0 Å². The molecule has 0 radical (unpaired) electrons. The Hall–Kier alpha value is -3.02. The smallest absolute Gasteiger partial charge is 0.242 e. The number of nitrogens with one attached hydrogen (secondary N) is 1. The molecule has 0 aromatic heterocycles. The summed E-state index contributed by atoms with van der Waals surface area (Å²) in [5.74, 6) is 1.27. The van der Waals surface area contributed by atoms with E-state index in [-0.39, 0.29) is 11.8 Å². The monoisotopic (exact) mass is 468 g/mol. The van der Waals surface area contributed by atoms with Crippen molar-refractivity contribution in [2.75, 3.05) is 19.8 Å². The molecule has 1 atom stereocenters. The highest BCUT2D eigenvalue weighted by atomic mass is 16.5. The number of hydrogen-bond acceptors (Lipinski definition) is 4. The first-order chi connectivity index (χ1) is 16.4. The molecule has 0 aliphatic carbocycles. The van der Waals surface area contributed by atoms with Crippen LogP contribution in [0.5, 0.6) is 11.5 Å². The molecular formula is C28H40N2O4. The topological polar surface area (TPSA) is 67.9 Å². The highest BCUT2D eigenvalue weighted by Crippen LogP contribution is 2.29. The standard InChI is InChI=1S/C28H40N2O4/c1-6-17-29-28(32)24(7-2)30(20-23-12-10-11-21(5)18-23)27(31)16-14-22-13-15-25(33-8-3)26(19-22)34-9-4/h10-13,15,18-19,24H,6-9,14,16-17,20H2,1-5H3,(H,29,32). The molecule has 2 amide bonds. The number of rotatable bonds is 14. The van der Waals surface area contributed by atoms with Crippen molar-refractivity contribution >= 4 is 11.8 Å². The second-order valence-corrected chi connectivity index (χ2v) is 8.37. The first kappa shape index (κ1) is 27.2. The van der Waals surface area contributed by atoms with E-state index < -0.39 is 6.04 Å². The Labute approximate surface area is 204 Å². The summed E-state index contributed by atoms with van der Waals surface area (Å²) in [5.41, 5.74) is 3.15. The normalized spacial score (nSPS) is 11.6. The van der Waals surface area contributed by atoms with E-state index in [1.165, 1.54) is 0 Å². The van der Waals surface area contributed by atoms with Crippen molar-refractivity contribution in [3.63, 3.8) is 0 Å². The molecule has 2 aromatic carbocycles. The SMILES string of the molecule is CCCNC(=O)C(CC)N(Cc1cccc(C)c1)C(=O)CCc1ccc(OCC)c(OCC)c1. The predicted molar refractivity (Wildman–Crippen MR) is 136 cm³/mol. The predicted octanol–water partition coefficient (Wildman–Crippen LogP) is 5.06. The van der Waals surface area contributed by atoms with Crippen LogP contribution in [-0.4, -0.2) is 42.5 Å². The van der Waals surface area contributed by atoms with Crippen molar-refractivity contribution < 1.29 is 19.1 Å². The molecule has 186 valence electrons. The third-order valence-corrected chi connectivity index (χ3v) is 5.61. The summed E-state index contributed by atoms with van der Waals surface area (Å²) in [6, 6.07) is 13.4. The lowest BCUT2D eigenvalue weighted by molar-refractivity contribution is -0.141. The number of aryl methyl sites for hydroxylation is 2. The Balaban J connectivity index is 2.21. The molecule has 6 nitrogen and oxygen atoms in total. The maximum atomic E-state index is 13.5. The molecule has 34 heavy (non-hydrogen) atoms. The van der Waals surface area contributed by atoms with Gasteiger partial charge in [-0.2, -0.15) is 0 Å². The van der Waals surface area contributed by atoms with E-state index in [0.717, 1.165) is 23.1 Å². The molecule has 0 aliphatic heterocycles. The van der Waals surface area contributed by atoms with Crippen molar-refractivity contribution in [1.82, 2.24) is 10.2 Å². The number of benzene rings is 2. The van der Waals surface area contributed by atoms with E-state index in [9.17, 15) is 9.59 Å². The first-order valence-electron chi connectivity index (χ1n) is 12.4. The molecule has 2 rings (SSSR count). The largest absolute Gasteiger partial charge is 0.490 e. The fraction of sp³-hybridized carbons (Fsp3) is 0.500. The minimum Gasteiger partial charge on any atom is -0.490 e. The maximum Gasteiger partial charge on any atom is 0.242 e. The van der Waals surface area contributed by atoms with Crippen molar-refractivity contribution in [2.45, 2.75) is 72.9 Å². The van der Waals surface area contributed by atoms with Gasteiger partial charge in [0.05, 0.1) is 13.2 Å². The van der Waals surface area contributed by atoms with Gasteiger partial charge in [0.2, 0.25) is 11.8 Å². The number of hydrogen-bond donors (Lipinski definition) is 1. The summed E-state index contributed by atoms with van der Waals surface area (Å²) < 4.78 is 11.4. The van der Waals surface area contributed by atoms with Gasteiger partial charge in [-0.15, -0.1) is 0 Å². The van der Waals surface area contributed by atoms with Gasteiger partial charge in [-0.25, -0.2) is 0 Å². The number of carbonyl (C=O) groups excluding carboxylic acids is 2. The zero-order valence-electron chi connectivity index (χ0n) is 21.4. The van der Waals surface area contributed by atoms with Gasteiger partial charge < -0.3 is 19.7 Å². The molecule has 0 saturated carbocycles. The molecule has 0 heterocycles. The summed E-state index contributed by atoms with van der Waals surface area (Å²) in [5, 5.41) is 2.97. The van der Waals surface area contributed by atoms with Crippen LogP contribution in [-0.2, 0) is 22.6 Å². The molecule has 0 bridgehead atoms. The van der Waals surface area contributed by atoms with Crippen LogP contribution in [0.15, 0.2) is 42.5 Å². The molecule has 2 aromatic rings. The Morgan fingerprint density at radius 3 is 2.32 bits per heavy atom. The van der Waals surface area contributed by atoms with Crippen molar-refractivity contribution in [2.24, 2.45) is 0 Å². The Kier molecular flexibility index (Phi) is 11.4. The van der Waals surface area contributed by atoms with Gasteiger partial charge in [0.15, 0.2) is 11.5 Å². The molecule has 0 saturated heterocycles. The molecule has 0 aliphatic rings. The highest BCUT2D eigenvalue weighted by molar-refractivity contribution is 5.87. The summed E-state index contributed by atoms with van der Waals surface area (Å²) >= 11 is 0. The van der Waals surface area contributed by atoms with Crippen LogP contribution < -0.4 is 14.8 Å². The van der Waals surface area contributed by atoms with Crippen LogP contribution in [0.1, 0.15) is 63.6 Å². The summed E-state index contributed by atoms with van der Waals surface area (Å²) in [6.07, 6.45) is 2.28. The summed E-state index contributed by atoms with van der Waals surface area (Å²) in [4.78, 5) is 28.1. The zero-order valence-corrected chi connectivity index (χ0v) is 21.4. The zero-order chi connectivity index (χ0) is 24.9. The lowest BCUT2D eigenvalue weighted by Gasteiger charge is -2.31. The van der Waals surface area contributed by atoms with Gasteiger partial charge in [0, 0.05) is 19.5 Å². The molecule has 0 spiro atoms. The fourth-order valence-electron chi connectivity index (χ4n) is 3.94. The van der Waals surface area contributed by atoms with E-state index in [4.69, 9.17) is 9.47 Å². The fourth-order valence-corrected chi connectivity index (χ4v) is 3.94. The third kappa shape index (κ3) is 8.08. The number of amides is 2. The quantitative estimate of drug-likeness (QED) is 0.421. The molecule has 0 fully saturated rings. The van der Waals surface area contributed by atoms with E-state index in [1.54, 1.807) is 4.90 Å². The van der Waals surface area contributed by atoms with E-state index in [0.29, 0.717) is 57.1 Å². The molecule has 1 N–H and O–H groups in total. The maximum absolute atomic E-state index is 13.5. The Morgan fingerprint density at radius 1 is 0.941 bits per heavy atom. The van der Waals surface area contributed by atoms with Gasteiger partial charge in [0.1, 0.15) is 6.04 Å². The highest BCUT2D eigenvalue weighted by Gasteiger charge is 2.28. The Morgan fingerprint density at radius 2 is 1.68 bits per heavy atom. The Bertz CT molecular complexity index is 928. The van der Waals surface area contributed by atoms with Crippen LogP contribution in [0.3, 0.4) is 0 Å². The van der Waals surface area contributed by atoms with E-state index in [1.807, 2.05) is 71.0 Å². The van der Waals surface area contributed by atoms with Crippen molar-refractivity contribution in [3.05, 3.63) is 59.2 Å². The molecular weight excluding hydrogens is 428 g/mol. The van der Waals surface area contributed by atoms with Crippen LogP contribution in [0.25, 0.3) is 0 Å². The van der Waals surface area contributed by atoms with E-state index >= 15 is 0 Å². The van der Waals surface area contributed by atoms with Gasteiger partial charge >= 0.3 is 0 Å². The molecule has 1 unspecified atom stereocenters. The summed E-state index contributed by atoms with van der Waals surface area (Å²) in [7, 11) is 0. The minimum atomic E-state index is -0.501. The van der Waals surface area contributed by atoms with Crippen LogP contribution >= 0.6 is 0 Å². The number of ether oxygens (including phenoxy) is 2. The van der Waals surface area contributed by atoms with Crippen LogP contribution in [0.4, 0.5) is 0 Å². The first-order valence-corrected chi connectivity index (χ1v) is 12.4. The van der Waals surface area contributed by atoms with Crippen LogP contribution in [0, 0.1) is 6.92 Å². The number of carbonyl (C=O) groups is 2. The summed E-state index contributed by atoms with van der Waals surface area (Å²) in [6.45, 7) is 12.0. The third-order valence-electron chi connectivity index (χ3n) is 5.61. The second-order valence-electron chi connectivity index (χ2n) is 8.37. The average Bonchev–Trinajstić information content (AvgIpc) is 2.82. The lowest BCUT2D eigenvalue weighted by Crippen LogP contribution is -2.49. The minimum absolute atomic E-state index is 0.0353. The van der Waals surface area contributed by atoms with Gasteiger partial charge in [-0.1, -0.05) is 49.7 Å². The average molecular weight is 469 g/mol. The van der Waals surface area contributed by atoms with Gasteiger partial charge in [-0.3, -0.25) is 9.59 Å². The second kappa shape index (κ2) is 14.3. The van der Waals surface area contributed by atoms with Gasteiger partial charge in [0.25, 0.3) is 0 Å². The van der Waals surface area contributed by atoms with E-state index in [2.05, 4.69) is 11.4 Å². The van der Waals surface area contributed by atoms with Crippen LogP contribution in [0.2, 0.25) is 0 Å².